The third-order valence-corrected chi connectivity index (χ3v) is 3.68. The molecule has 1 aromatic carbocycles. The molecule has 1 rings (SSSR count). The smallest absolute Gasteiger partial charge is 0.227 e. The molecule has 0 radical (unpaired) electrons. The number of hydrogen-bond donors (Lipinski definition) is 2. The number of halogens is 2. The summed E-state index contributed by atoms with van der Waals surface area (Å²) in [5.41, 5.74) is 5.31. The van der Waals surface area contributed by atoms with Gasteiger partial charge in [-0.3, -0.25) is 4.79 Å². The standard InChI is InChI=1S/C14H20F2N2O/c1-3-14(4-2,9-17)13(19)18-8-10-5-6-11(15)7-12(10)16/h5-7H,3-4,8-9,17H2,1-2H3,(H,18,19). The third-order valence-electron chi connectivity index (χ3n) is 3.68. The second-order valence-electron chi connectivity index (χ2n) is 4.61. The Morgan fingerprint density at radius 1 is 1.32 bits per heavy atom. The Labute approximate surface area is 112 Å². The van der Waals surface area contributed by atoms with Crippen LogP contribution >= 0.6 is 0 Å². The molecule has 0 heterocycles. The maximum Gasteiger partial charge on any atom is 0.227 e. The van der Waals surface area contributed by atoms with Crippen LogP contribution in [0, 0.1) is 17.0 Å². The normalized spacial score (nSPS) is 11.4. The van der Waals surface area contributed by atoms with E-state index in [4.69, 9.17) is 5.73 Å². The lowest BCUT2D eigenvalue weighted by Gasteiger charge is -2.28. The van der Waals surface area contributed by atoms with Crippen molar-refractivity contribution in [1.29, 1.82) is 0 Å². The zero-order valence-electron chi connectivity index (χ0n) is 11.3. The first kappa shape index (κ1) is 15.6. The number of carbonyl (C=O) groups is 1. The van der Waals surface area contributed by atoms with Crippen molar-refractivity contribution in [1.82, 2.24) is 5.32 Å². The van der Waals surface area contributed by atoms with E-state index in [1.807, 2.05) is 13.8 Å². The molecule has 0 aromatic heterocycles. The fraction of sp³-hybridized carbons (Fsp3) is 0.500. The van der Waals surface area contributed by atoms with Gasteiger partial charge in [0.2, 0.25) is 5.91 Å². The van der Waals surface area contributed by atoms with Crippen molar-refractivity contribution in [2.24, 2.45) is 11.1 Å². The number of nitrogens with one attached hydrogen (secondary N) is 1. The second kappa shape index (κ2) is 6.61. The lowest BCUT2D eigenvalue weighted by atomic mass is 9.81. The molecular weight excluding hydrogens is 250 g/mol. The Balaban J connectivity index is 2.73. The lowest BCUT2D eigenvalue weighted by Crippen LogP contribution is -2.45. The molecule has 3 nitrogen and oxygen atoms in total. The number of hydrogen-bond acceptors (Lipinski definition) is 2. The van der Waals surface area contributed by atoms with E-state index < -0.39 is 17.0 Å². The van der Waals surface area contributed by atoms with E-state index in [9.17, 15) is 13.6 Å². The van der Waals surface area contributed by atoms with Gasteiger partial charge < -0.3 is 11.1 Å². The molecule has 106 valence electrons. The predicted octanol–water partition coefficient (Wildman–Crippen LogP) is 2.35. The van der Waals surface area contributed by atoms with Crippen LogP contribution in [0.15, 0.2) is 18.2 Å². The van der Waals surface area contributed by atoms with Gasteiger partial charge in [-0.25, -0.2) is 8.78 Å². The van der Waals surface area contributed by atoms with Crippen LogP contribution in [0.1, 0.15) is 32.3 Å². The first-order valence-corrected chi connectivity index (χ1v) is 6.41. The van der Waals surface area contributed by atoms with Gasteiger partial charge in [-0.2, -0.15) is 0 Å². The Bertz CT molecular complexity index is 437. The third kappa shape index (κ3) is 3.50. The maximum absolute atomic E-state index is 13.4. The van der Waals surface area contributed by atoms with E-state index in [2.05, 4.69) is 5.32 Å². The Morgan fingerprint density at radius 3 is 2.42 bits per heavy atom. The van der Waals surface area contributed by atoms with Crippen molar-refractivity contribution in [3.63, 3.8) is 0 Å². The highest BCUT2D eigenvalue weighted by atomic mass is 19.1. The zero-order valence-corrected chi connectivity index (χ0v) is 11.3. The molecule has 0 aliphatic heterocycles. The largest absolute Gasteiger partial charge is 0.351 e. The predicted molar refractivity (Wildman–Crippen MR) is 70.3 cm³/mol. The van der Waals surface area contributed by atoms with Crippen LogP contribution in [0.2, 0.25) is 0 Å². The van der Waals surface area contributed by atoms with Crippen molar-refractivity contribution in [3.05, 3.63) is 35.4 Å². The van der Waals surface area contributed by atoms with E-state index in [1.165, 1.54) is 12.1 Å². The summed E-state index contributed by atoms with van der Waals surface area (Å²) in [5.74, 6) is -1.48. The second-order valence-corrected chi connectivity index (χ2v) is 4.61. The number of rotatable bonds is 6. The van der Waals surface area contributed by atoms with Crippen molar-refractivity contribution < 1.29 is 13.6 Å². The van der Waals surface area contributed by atoms with Gasteiger partial charge in [-0.1, -0.05) is 19.9 Å². The summed E-state index contributed by atoms with van der Waals surface area (Å²) in [6, 6.07) is 3.30. The summed E-state index contributed by atoms with van der Waals surface area (Å²) in [5, 5.41) is 2.67. The van der Waals surface area contributed by atoms with Crippen LogP contribution < -0.4 is 11.1 Å². The summed E-state index contributed by atoms with van der Waals surface area (Å²) in [7, 11) is 0. The van der Waals surface area contributed by atoms with Crippen LogP contribution in [-0.2, 0) is 11.3 Å². The van der Waals surface area contributed by atoms with Gasteiger partial charge >= 0.3 is 0 Å². The molecule has 0 aliphatic carbocycles. The summed E-state index contributed by atoms with van der Waals surface area (Å²) >= 11 is 0. The van der Waals surface area contributed by atoms with Crippen LogP contribution in [0.5, 0.6) is 0 Å². The van der Waals surface area contributed by atoms with Gasteiger partial charge in [0.05, 0.1) is 5.41 Å². The molecule has 5 heteroatoms. The minimum atomic E-state index is -0.661. The Morgan fingerprint density at radius 2 is 1.95 bits per heavy atom. The molecule has 0 fully saturated rings. The van der Waals surface area contributed by atoms with Gasteiger partial charge in [0.15, 0.2) is 0 Å². The van der Waals surface area contributed by atoms with Crippen LogP contribution in [0.4, 0.5) is 8.78 Å². The lowest BCUT2D eigenvalue weighted by molar-refractivity contribution is -0.131. The number of nitrogens with two attached hydrogens (primary N) is 1. The van der Waals surface area contributed by atoms with Crippen LogP contribution in [-0.4, -0.2) is 12.5 Å². The van der Waals surface area contributed by atoms with Gasteiger partial charge in [0.1, 0.15) is 11.6 Å². The molecule has 0 aliphatic rings. The van der Waals surface area contributed by atoms with E-state index in [1.54, 1.807) is 0 Å². The molecule has 0 saturated heterocycles. The van der Waals surface area contributed by atoms with Crippen molar-refractivity contribution in [2.75, 3.05) is 6.54 Å². The summed E-state index contributed by atoms with van der Waals surface area (Å²) in [6.07, 6.45) is 1.25. The molecule has 0 atom stereocenters. The number of amides is 1. The maximum atomic E-state index is 13.4. The summed E-state index contributed by atoms with van der Waals surface area (Å²) in [4.78, 5) is 12.1. The topological polar surface area (TPSA) is 55.1 Å². The van der Waals surface area contributed by atoms with Gasteiger partial charge in [0, 0.05) is 24.7 Å². The van der Waals surface area contributed by atoms with Crippen molar-refractivity contribution >= 4 is 5.91 Å². The van der Waals surface area contributed by atoms with Crippen molar-refractivity contribution in [3.8, 4) is 0 Å². The fourth-order valence-electron chi connectivity index (χ4n) is 1.98. The molecule has 1 aromatic rings. The molecular formula is C14H20F2N2O. The highest BCUT2D eigenvalue weighted by Crippen LogP contribution is 2.25. The summed E-state index contributed by atoms with van der Waals surface area (Å²) < 4.78 is 26.2. The minimum Gasteiger partial charge on any atom is -0.351 e. The van der Waals surface area contributed by atoms with E-state index in [0.717, 1.165) is 6.07 Å². The van der Waals surface area contributed by atoms with Crippen molar-refractivity contribution in [2.45, 2.75) is 33.2 Å². The molecule has 19 heavy (non-hydrogen) atoms. The molecule has 0 bridgehead atoms. The molecule has 0 unspecified atom stereocenters. The average Bonchev–Trinajstić information content (AvgIpc) is 2.40. The number of carbonyl (C=O) groups excluding carboxylic acids is 1. The zero-order chi connectivity index (χ0) is 14.5. The summed E-state index contributed by atoms with van der Waals surface area (Å²) in [6.45, 7) is 4.08. The SMILES string of the molecule is CCC(CC)(CN)C(=O)NCc1ccc(F)cc1F. The molecule has 0 saturated carbocycles. The van der Waals surface area contributed by atoms with Crippen LogP contribution in [0.3, 0.4) is 0 Å². The Kier molecular flexibility index (Phi) is 5.42. The first-order valence-electron chi connectivity index (χ1n) is 6.41. The van der Waals surface area contributed by atoms with E-state index >= 15 is 0 Å². The van der Waals surface area contributed by atoms with Gasteiger partial charge in [-0.15, -0.1) is 0 Å². The van der Waals surface area contributed by atoms with Gasteiger partial charge in [-0.05, 0) is 18.9 Å². The monoisotopic (exact) mass is 270 g/mol. The number of benzene rings is 1. The van der Waals surface area contributed by atoms with Gasteiger partial charge in [0.25, 0.3) is 0 Å². The average molecular weight is 270 g/mol. The Hall–Kier alpha value is -1.49. The fourth-order valence-corrected chi connectivity index (χ4v) is 1.98. The van der Waals surface area contributed by atoms with E-state index in [-0.39, 0.29) is 24.6 Å². The molecule has 1 amide bonds. The first-order chi connectivity index (χ1) is 8.99. The highest BCUT2D eigenvalue weighted by Gasteiger charge is 2.33. The quantitative estimate of drug-likeness (QED) is 0.833. The van der Waals surface area contributed by atoms with Crippen LogP contribution in [0.25, 0.3) is 0 Å². The highest BCUT2D eigenvalue weighted by molar-refractivity contribution is 5.82. The minimum absolute atomic E-state index is 0.0344. The molecule has 3 N–H and O–H groups in total. The van der Waals surface area contributed by atoms with E-state index in [0.29, 0.717) is 12.8 Å². The molecule has 0 spiro atoms.